The number of nitrogens with zero attached hydrogens (tertiary/aromatic N) is 1. The number of aryl methyl sites for hydroxylation is 1. The Morgan fingerprint density at radius 3 is 2.95 bits per heavy atom. The Balaban J connectivity index is 2.11. The van der Waals surface area contributed by atoms with Gasteiger partial charge in [-0.15, -0.1) is 0 Å². The summed E-state index contributed by atoms with van der Waals surface area (Å²) in [6, 6.07) is 7.68. The first kappa shape index (κ1) is 14.4. The highest BCUT2D eigenvalue weighted by Gasteiger charge is 2.23. The number of methoxy groups -OCH3 is 1. The van der Waals surface area contributed by atoms with Crippen LogP contribution in [-0.4, -0.2) is 24.1 Å². The average molecular weight is 349 g/mol. The molecule has 0 atom stereocenters. The van der Waals surface area contributed by atoms with E-state index in [1.807, 2.05) is 31.2 Å². The molecule has 0 amide bonds. The van der Waals surface area contributed by atoms with E-state index in [1.165, 1.54) is 5.56 Å². The third-order valence-electron chi connectivity index (χ3n) is 3.79. The first-order valence-electron chi connectivity index (χ1n) is 6.91. The summed E-state index contributed by atoms with van der Waals surface area (Å²) in [5.41, 5.74) is 3.88. The summed E-state index contributed by atoms with van der Waals surface area (Å²) in [7, 11) is 1.59. The maximum Gasteiger partial charge on any atom is 0.266 e. The zero-order valence-electron chi connectivity index (χ0n) is 12.1. The van der Waals surface area contributed by atoms with Crippen LogP contribution in [0.25, 0.3) is 0 Å². The molecule has 0 radical (unpaired) electrons. The molecule has 0 fully saturated rings. The highest BCUT2D eigenvalue weighted by molar-refractivity contribution is 9.10. The van der Waals surface area contributed by atoms with E-state index in [0.29, 0.717) is 11.3 Å². The molecule has 4 nitrogen and oxygen atoms in total. The number of carbonyl (C=O) groups excluding carboxylic acids is 1. The first-order valence-corrected chi connectivity index (χ1v) is 7.70. The number of halogens is 1. The summed E-state index contributed by atoms with van der Waals surface area (Å²) in [4.78, 5) is 13.0. The summed E-state index contributed by atoms with van der Waals surface area (Å²) in [6.07, 6.45) is 0.848. The van der Waals surface area contributed by atoms with Crippen molar-refractivity contribution in [3.05, 3.63) is 51.3 Å². The molecule has 2 heterocycles. The second-order valence-corrected chi connectivity index (χ2v) is 6.02. The Hall–Kier alpha value is -1.59. The van der Waals surface area contributed by atoms with E-state index in [2.05, 4.69) is 21.2 Å². The van der Waals surface area contributed by atoms with Crippen LogP contribution in [-0.2, 0) is 13.0 Å². The summed E-state index contributed by atoms with van der Waals surface area (Å²) >= 11 is 3.51. The van der Waals surface area contributed by atoms with Crippen molar-refractivity contribution in [3.8, 4) is 5.75 Å². The van der Waals surface area contributed by atoms with E-state index in [-0.39, 0.29) is 5.91 Å². The van der Waals surface area contributed by atoms with Gasteiger partial charge in [-0.05, 0) is 46.6 Å². The molecule has 21 heavy (non-hydrogen) atoms. The van der Waals surface area contributed by atoms with Crippen molar-refractivity contribution in [1.82, 2.24) is 9.88 Å². The van der Waals surface area contributed by atoms with Gasteiger partial charge in [-0.1, -0.05) is 11.6 Å². The fourth-order valence-electron chi connectivity index (χ4n) is 2.75. The summed E-state index contributed by atoms with van der Waals surface area (Å²) in [6.45, 7) is 3.67. The number of ether oxygens (including phenoxy) is 1. The summed E-state index contributed by atoms with van der Waals surface area (Å²) < 4.78 is 7.90. The number of nitrogens with one attached hydrogen (secondary N) is 1. The molecule has 1 aromatic carbocycles. The summed E-state index contributed by atoms with van der Waals surface area (Å²) in [5, 5.41) is 3.32. The minimum absolute atomic E-state index is 0.0504. The van der Waals surface area contributed by atoms with Gasteiger partial charge in [0.1, 0.15) is 5.75 Å². The Kier molecular flexibility index (Phi) is 3.87. The lowest BCUT2D eigenvalue weighted by atomic mass is 10.1. The number of rotatable bonds is 2. The van der Waals surface area contributed by atoms with Crippen molar-refractivity contribution >= 4 is 21.8 Å². The third-order valence-corrected chi connectivity index (χ3v) is 4.37. The fraction of sp³-hybridized carbons (Fsp3) is 0.312. The van der Waals surface area contributed by atoms with Gasteiger partial charge < -0.3 is 10.1 Å². The average Bonchev–Trinajstić information content (AvgIpc) is 2.82. The SMILES string of the molecule is COc1ccc(C)cc1C(=O)n1c(Br)cc2c1CCNC2. The highest BCUT2D eigenvalue weighted by Crippen LogP contribution is 2.28. The lowest BCUT2D eigenvalue weighted by Crippen LogP contribution is -2.26. The van der Waals surface area contributed by atoms with Crippen molar-refractivity contribution in [2.45, 2.75) is 19.9 Å². The third kappa shape index (κ3) is 2.51. The van der Waals surface area contributed by atoms with Gasteiger partial charge >= 0.3 is 0 Å². The van der Waals surface area contributed by atoms with E-state index in [0.717, 1.165) is 35.4 Å². The Labute approximate surface area is 132 Å². The minimum atomic E-state index is -0.0504. The van der Waals surface area contributed by atoms with Gasteiger partial charge in [-0.2, -0.15) is 0 Å². The number of hydrogen-bond donors (Lipinski definition) is 1. The normalized spacial score (nSPS) is 13.9. The van der Waals surface area contributed by atoms with Crippen molar-refractivity contribution in [2.24, 2.45) is 0 Å². The molecule has 0 bridgehead atoms. The van der Waals surface area contributed by atoms with Gasteiger partial charge in [-0.3, -0.25) is 9.36 Å². The van der Waals surface area contributed by atoms with Crippen molar-refractivity contribution in [1.29, 1.82) is 0 Å². The van der Waals surface area contributed by atoms with E-state index in [9.17, 15) is 4.79 Å². The number of aromatic nitrogens is 1. The van der Waals surface area contributed by atoms with E-state index in [4.69, 9.17) is 4.74 Å². The topological polar surface area (TPSA) is 43.3 Å². The first-order chi connectivity index (χ1) is 10.1. The van der Waals surface area contributed by atoms with Crippen LogP contribution >= 0.6 is 15.9 Å². The molecule has 0 spiro atoms. The maximum atomic E-state index is 13.0. The van der Waals surface area contributed by atoms with Crippen LogP contribution in [0.3, 0.4) is 0 Å². The Morgan fingerprint density at radius 2 is 2.19 bits per heavy atom. The van der Waals surface area contributed by atoms with Crippen LogP contribution in [0.5, 0.6) is 5.75 Å². The number of hydrogen-bond acceptors (Lipinski definition) is 3. The molecule has 0 saturated carbocycles. The molecule has 3 rings (SSSR count). The van der Waals surface area contributed by atoms with E-state index < -0.39 is 0 Å². The van der Waals surface area contributed by atoms with Gasteiger partial charge in [0.2, 0.25) is 0 Å². The predicted octanol–water partition coefficient (Wildman–Crippen LogP) is 2.90. The standard InChI is InChI=1S/C16H17BrN2O2/c1-10-3-4-14(21-2)12(7-10)16(20)19-13-5-6-18-9-11(13)8-15(19)17/h3-4,7-8,18H,5-6,9H2,1-2H3. The molecule has 2 aromatic rings. The molecule has 5 heteroatoms. The smallest absolute Gasteiger partial charge is 0.266 e. The fourth-order valence-corrected chi connectivity index (χ4v) is 3.40. The van der Waals surface area contributed by atoms with Crippen LogP contribution in [0, 0.1) is 6.92 Å². The molecule has 0 unspecified atom stereocenters. The lowest BCUT2D eigenvalue weighted by molar-refractivity contribution is 0.0951. The second kappa shape index (κ2) is 5.66. The van der Waals surface area contributed by atoms with Crippen molar-refractivity contribution in [3.63, 3.8) is 0 Å². The van der Waals surface area contributed by atoms with Crippen LogP contribution in [0.2, 0.25) is 0 Å². The molecule has 1 N–H and O–H groups in total. The Morgan fingerprint density at radius 1 is 1.38 bits per heavy atom. The lowest BCUT2D eigenvalue weighted by Gasteiger charge is -2.17. The zero-order valence-corrected chi connectivity index (χ0v) is 13.7. The quantitative estimate of drug-likeness (QED) is 0.907. The zero-order chi connectivity index (χ0) is 15.0. The van der Waals surface area contributed by atoms with Gasteiger partial charge in [0.15, 0.2) is 0 Å². The summed E-state index contributed by atoms with van der Waals surface area (Å²) in [5.74, 6) is 0.555. The molecular weight excluding hydrogens is 332 g/mol. The van der Waals surface area contributed by atoms with E-state index in [1.54, 1.807) is 11.7 Å². The van der Waals surface area contributed by atoms with Gasteiger partial charge in [0.25, 0.3) is 5.91 Å². The van der Waals surface area contributed by atoms with Crippen molar-refractivity contribution in [2.75, 3.05) is 13.7 Å². The van der Waals surface area contributed by atoms with Gasteiger partial charge in [-0.25, -0.2) is 0 Å². The maximum absolute atomic E-state index is 13.0. The van der Waals surface area contributed by atoms with Crippen LogP contribution in [0.4, 0.5) is 0 Å². The van der Waals surface area contributed by atoms with Crippen LogP contribution in [0.15, 0.2) is 28.9 Å². The minimum Gasteiger partial charge on any atom is -0.496 e. The highest BCUT2D eigenvalue weighted by atomic mass is 79.9. The molecule has 1 aromatic heterocycles. The largest absolute Gasteiger partial charge is 0.496 e. The van der Waals surface area contributed by atoms with Gasteiger partial charge in [0.05, 0.1) is 17.3 Å². The molecule has 0 aliphatic carbocycles. The Bertz CT molecular complexity index is 707. The molecule has 1 aliphatic rings. The number of carbonyl (C=O) groups is 1. The predicted molar refractivity (Wildman–Crippen MR) is 85.0 cm³/mol. The number of benzene rings is 1. The van der Waals surface area contributed by atoms with Crippen LogP contribution in [0.1, 0.15) is 27.2 Å². The molecular formula is C16H17BrN2O2. The molecule has 1 aliphatic heterocycles. The van der Waals surface area contributed by atoms with Crippen LogP contribution < -0.4 is 10.1 Å². The second-order valence-electron chi connectivity index (χ2n) is 5.21. The van der Waals surface area contributed by atoms with Crippen molar-refractivity contribution < 1.29 is 9.53 Å². The molecule has 0 saturated heterocycles. The van der Waals surface area contributed by atoms with Gasteiger partial charge in [0, 0.05) is 25.2 Å². The van der Waals surface area contributed by atoms with E-state index >= 15 is 0 Å². The monoisotopic (exact) mass is 348 g/mol. The number of fused-ring (bicyclic) bond motifs is 1. The molecule has 110 valence electrons.